The number of piperidine rings is 2. The third-order valence-corrected chi connectivity index (χ3v) is 17.4. The fourth-order valence-electron chi connectivity index (χ4n) is 14.1. The Bertz CT molecular complexity index is 1670. The molecule has 2 aliphatic heterocycles. The molecule has 10 rings (SSSR count). The summed E-state index contributed by atoms with van der Waals surface area (Å²) in [5.41, 5.74) is 8.30. The van der Waals surface area contributed by atoms with Gasteiger partial charge in [0.25, 0.3) is 0 Å². The number of phenolic OH excluding ortho intramolecular Hbond substituents is 2. The van der Waals surface area contributed by atoms with Crippen molar-refractivity contribution in [3.8, 4) is 11.5 Å². The Morgan fingerprint density at radius 2 is 1.02 bits per heavy atom. The molecule has 2 heterocycles. The Morgan fingerprint density at radius 3 is 1.45 bits per heavy atom. The monoisotopic (exact) mass is 759 g/mol. The van der Waals surface area contributed by atoms with Crippen LogP contribution in [0.1, 0.15) is 162 Å². The van der Waals surface area contributed by atoms with E-state index in [1.54, 1.807) is 0 Å². The molecule has 8 aliphatic rings. The lowest BCUT2D eigenvalue weighted by Gasteiger charge is -2.59. The molecule has 6 aliphatic carbocycles. The van der Waals surface area contributed by atoms with Crippen LogP contribution in [0.5, 0.6) is 11.5 Å². The fraction of sp³-hybridized carbons (Fsp3) is 0.720. The minimum Gasteiger partial charge on any atom is -0.507 e. The second-order valence-electron chi connectivity index (χ2n) is 20.3. The first-order valence-electron chi connectivity index (χ1n) is 23.7. The van der Waals surface area contributed by atoms with Crippen LogP contribution in [0.25, 0.3) is 0 Å². The molecule has 2 aromatic rings. The lowest BCUT2D eigenvalue weighted by Crippen LogP contribution is -2.61. The van der Waals surface area contributed by atoms with Crippen molar-refractivity contribution in [1.82, 2.24) is 9.80 Å². The highest BCUT2D eigenvalue weighted by atomic mass is 16.3. The van der Waals surface area contributed by atoms with Gasteiger partial charge in [-0.3, -0.25) is 19.8 Å². The molecule has 4 saturated carbocycles. The van der Waals surface area contributed by atoms with Gasteiger partial charge in [0.15, 0.2) is 0 Å². The van der Waals surface area contributed by atoms with Crippen molar-refractivity contribution in [3.63, 3.8) is 0 Å². The SMILES string of the molecule is Oc1cc2c(cc1C=NCCCCCCN=Cc1cc3c(cc1O)[C@@]14CCCC[C@H]1[C@@H](C3)N(CC1CCC1)CC4)C[C@@H]1[C@@H]3CCCC[C@]23CCN1CC1CCC1. The van der Waals surface area contributed by atoms with Crippen molar-refractivity contribution < 1.29 is 10.2 Å². The van der Waals surface area contributed by atoms with Gasteiger partial charge in [0.05, 0.1) is 0 Å². The van der Waals surface area contributed by atoms with Crippen LogP contribution in [0, 0.1) is 23.7 Å². The van der Waals surface area contributed by atoms with Crippen LogP contribution in [-0.2, 0) is 23.7 Å². The summed E-state index contributed by atoms with van der Waals surface area (Å²) in [7, 11) is 0. The van der Waals surface area contributed by atoms with Crippen LogP contribution in [0.3, 0.4) is 0 Å². The maximum atomic E-state index is 11.2. The van der Waals surface area contributed by atoms with Crippen LogP contribution in [0.15, 0.2) is 34.3 Å². The predicted molar refractivity (Wildman–Crippen MR) is 229 cm³/mol. The summed E-state index contributed by atoms with van der Waals surface area (Å²) in [6.07, 6.45) is 32.4. The molecule has 6 heteroatoms. The molecule has 0 amide bonds. The molecular formula is C50H70N4O2. The van der Waals surface area contributed by atoms with Gasteiger partial charge in [-0.1, -0.05) is 51.4 Å². The number of fused-ring (bicyclic) bond motifs is 2. The van der Waals surface area contributed by atoms with Crippen molar-refractivity contribution in [2.24, 2.45) is 33.7 Å². The normalized spacial score (nSPS) is 33.1. The molecular weight excluding hydrogens is 689 g/mol. The summed E-state index contributed by atoms with van der Waals surface area (Å²) in [5.74, 6) is 4.22. The molecule has 302 valence electrons. The molecule has 6 fully saturated rings. The molecule has 6 nitrogen and oxygen atoms in total. The van der Waals surface area contributed by atoms with Gasteiger partial charge in [-0.25, -0.2) is 0 Å². The van der Waals surface area contributed by atoms with E-state index < -0.39 is 0 Å². The van der Waals surface area contributed by atoms with Crippen molar-refractivity contribution in [1.29, 1.82) is 0 Å². The van der Waals surface area contributed by atoms with Gasteiger partial charge in [-0.15, -0.1) is 0 Å². The van der Waals surface area contributed by atoms with Gasteiger partial charge < -0.3 is 10.2 Å². The zero-order valence-corrected chi connectivity index (χ0v) is 34.4. The molecule has 2 aromatic carbocycles. The molecule has 0 unspecified atom stereocenters. The van der Waals surface area contributed by atoms with Gasteiger partial charge in [0, 0.05) is 72.6 Å². The third kappa shape index (κ3) is 6.79. The number of nitrogens with zero attached hydrogens (tertiary/aromatic N) is 4. The summed E-state index contributed by atoms with van der Waals surface area (Å²) in [6.45, 7) is 6.70. The minimum atomic E-state index is 0.277. The Morgan fingerprint density at radius 1 is 0.554 bits per heavy atom. The van der Waals surface area contributed by atoms with E-state index in [1.807, 2.05) is 12.4 Å². The number of unbranched alkanes of at least 4 members (excludes halogenated alkanes) is 3. The molecule has 0 radical (unpaired) electrons. The van der Waals surface area contributed by atoms with Gasteiger partial charge in [-0.2, -0.15) is 0 Å². The van der Waals surface area contributed by atoms with E-state index in [4.69, 9.17) is 9.98 Å². The standard InChI is InChI=1S/C50H70N4O2/c55-47-29-43-37(27-45-41-15-3-5-17-49(41,43)19-23-53(45)33-35-11-9-12-35)25-39(47)31-51-21-7-1-2-8-22-52-32-40-26-38-28-46-42-16-4-6-18-50(42,44(38)30-48(40)56)20-24-54(46)34-36-13-10-14-36/h25-26,29-32,35-36,41-42,45-46,55-56H,1-24,27-28,33-34H2/t41-,42-,45+,46+,49+,50+/m0/s1. The van der Waals surface area contributed by atoms with Crippen LogP contribution in [0.4, 0.5) is 0 Å². The fourth-order valence-corrected chi connectivity index (χ4v) is 14.1. The van der Waals surface area contributed by atoms with Crippen LogP contribution >= 0.6 is 0 Å². The predicted octanol–water partition coefficient (Wildman–Crippen LogP) is 9.91. The molecule has 0 aromatic heterocycles. The number of benzene rings is 2. The van der Waals surface area contributed by atoms with Gasteiger partial charge in [0.1, 0.15) is 11.5 Å². The zero-order chi connectivity index (χ0) is 37.7. The molecule has 2 N–H and O–H groups in total. The van der Waals surface area contributed by atoms with E-state index in [2.05, 4.69) is 34.1 Å². The maximum Gasteiger partial charge on any atom is 0.124 e. The number of aromatic hydroxyl groups is 2. The first-order chi connectivity index (χ1) is 27.5. The third-order valence-electron chi connectivity index (χ3n) is 17.4. The summed E-state index contributed by atoms with van der Waals surface area (Å²) in [5, 5.41) is 22.5. The van der Waals surface area contributed by atoms with Crippen molar-refractivity contribution in [3.05, 3.63) is 57.6 Å². The lowest BCUT2D eigenvalue weighted by molar-refractivity contribution is -0.0240. The summed E-state index contributed by atoms with van der Waals surface area (Å²) < 4.78 is 0. The highest BCUT2D eigenvalue weighted by Crippen LogP contribution is 2.58. The molecule has 2 saturated heterocycles. The maximum absolute atomic E-state index is 11.2. The van der Waals surface area contributed by atoms with E-state index in [0.29, 0.717) is 23.6 Å². The number of rotatable bonds is 13. The van der Waals surface area contributed by atoms with Gasteiger partial charge in [-0.05, 0) is 173 Å². The molecule has 0 spiro atoms. The number of phenols is 2. The van der Waals surface area contributed by atoms with Crippen LogP contribution < -0.4 is 0 Å². The van der Waals surface area contributed by atoms with Crippen LogP contribution in [0.2, 0.25) is 0 Å². The van der Waals surface area contributed by atoms with Crippen molar-refractivity contribution in [2.75, 3.05) is 39.3 Å². The molecule has 6 atom stereocenters. The van der Waals surface area contributed by atoms with Gasteiger partial charge in [0.2, 0.25) is 0 Å². The van der Waals surface area contributed by atoms with Crippen LogP contribution in [-0.4, -0.2) is 83.8 Å². The number of hydrogen-bond acceptors (Lipinski definition) is 6. The number of aliphatic imine (C=N–C) groups is 2. The second-order valence-corrected chi connectivity index (χ2v) is 20.3. The van der Waals surface area contributed by atoms with E-state index in [1.165, 1.54) is 151 Å². The average Bonchev–Trinajstić information content (AvgIpc) is 3.17. The summed E-state index contributed by atoms with van der Waals surface area (Å²) in [4.78, 5) is 15.4. The van der Waals surface area contributed by atoms with Gasteiger partial charge >= 0.3 is 0 Å². The minimum absolute atomic E-state index is 0.277. The number of likely N-dealkylation sites (tertiary alicyclic amines) is 2. The summed E-state index contributed by atoms with van der Waals surface area (Å²) in [6, 6.07) is 10.3. The second kappa shape index (κ2) is 15.8. The zero-order valence-electron chi connectivity index (χ0n) is 34.4. The Balaban J connectivity index is 0.714. The Hall–Kier alpha value is -2.70. The lowest BCUT2D eigenvalue weighted by atomic mass is 9.52. The summed E-state index contributed by atoms with van der Waals surface area (Å²) >= 11 is 0. The molecule has 4 bridgehead atoms. The Labute approximate surface area is 337 Å². The smallest absolute Gasteiger partial charge is 0.124 e. The van der Waals surface area contributed by atoms with E-state index in [-0.39, 0.29) is 10.8 Å². The highest BCUT2D eigenvalue weighted by molar-refractivity contribution is 5.85. The highest BCUT2D eigenvalue weighted by Gasteiger charge is 2.55. The largest absolute Gasteiger partial charge is 0.507 e. The number of hydrogen-bond donors (Lipinski definition) is 2. The average molecular weight is 759 g/mol. The van der Waals surface area contributed by atoms with E-state index in [9.17, 15) is 10.2 Å². The van der Waals surface area contributed by atoms with Crippen molar-refractivity contribution in [2.45, 2.75) is 164 Å². The Kier molecular flexibility index (Phi) is 10.6. The first-order valence-corrected chi connectivity index (χ1v) is 23.7. The van der Waals surface area contributed by atoms with Crippen molar-refractivity contribution >= 4 is 12.4 Å². The topological polar surface area (TPSA) is 71.7 Å². The molecule has 56 heavy (non-hydrogen) atoms. The van der Waals surface area contributed by atoms with E-state index in [0.717, 1.165) is 86.4 Å². The first kappa shape index (κ1) is 37.6. The quantitative estimate of drug-likeness (QED) is 0.158. The van der Waals surface area contributed by atoms with E-state index >= 15 is 0 Å².